The molecule has 1 aromatic carbocycles. The fourth-order valence-electron chi connectivity index (χ4n) is 3.00. The molecule has 0 radical (unpaired) electrons. The highest BCUT2D eigenvalue weighted by molar-refractivity contribution is 6.10. The molecule has 114 valence electrons. The average Bonchev–Trinajstić information content (AvgIpc) is 2.86. The van der Waals surface area contributed by atoms with Crippen LogP contribution in [-0.2, 0) is 0 Å². The molecule has 0 spiro atoms. The number of hydrogen-bond acceptors (Lipinski definition) is 4. The van der Waals surface area contributed by atoms with Gasteiger partial charge in [0, 0.05) is 36.0 Å². The number of carbonyl (C=O) groups is 1. The van der Waals surface area contributed by atoms with E-state index in [4.69, 9.17) is 4.74 Å². The third-order valence-electron chi connectivity index (χ3n) is 4.32. The molecule has 3 aromatic rings. The molecule has 0 aliphatic carbocycles. The van der Waals surface area contributed by atoms with Crippen LogP contribution in [0.4, 0.5) is 22.0 Å². The lowest BCUT2D eigenvalue weighted by atomic mass is 10.1. The van der Waals surface area contributed by atoms with Gasteiger partial charge in [0.25, 0.3) is 0 Å². The van der Waals surface area contributed by atoms with Gasteiger partial charge < -0.3 is 4.74 Å². The van der Waals surface area contributed by atoms with Crippen LogP contribution in [-0.4, -0.2) is 30.2 Å². The molecule has 1 atom stereocenters. The van der Waals surface area contributed by atoms with Crippen molar-refractivity contribution in [1.29, 1.82) is 0 Å². The molecular weight excluding hydrogens is 292 g/mol. The first-order valence-electron chi connectivity index (χ1n) is 7.21. The number of methoxy groups -OCH3 is 1. The number of aromatic nitrogens is 2. The van der Waals surface area contributed by atoms with Crippen molar-refractivity contribution in [2.24, 2.45) is 0 Å². The highest BCUT2D eigenvalue weighted by Crippen LogP contribution is 2.43. The quantitative estimate of drug-likeness (QED) is 0.736. The zero-order chi connectivity index (χ0) is 16.0. The van der Waals surface area contributed by atoms with Crippen molar-refractivity contribution in [2.45, 2.75) is 0 Å². The molecular formula is C17H15N4O2+. The molecule has 6 nitrogen and oxygen atoms in total. The topological polar surface area (TPSA) is 64.1 Å². The smallest absolute Gasteiger partial charge is 0.432 e. The van der Waals surface area contributed by atoms with Gasteiger partial charge in [0.1, 0.15) is 11.4 Å². The molecule has 1 unspecified atom stereocenters. The van der Waals surface area contributed by atoms with Crippen LogP contribution in [0, 0.1) is 0 Å². The highest BCUT2D eigenvalue weighted by Gasteiger charge is 2.46. The number of anilines is 1. The number of nitrogens with zero attached hydrogens (tertiary/aromatic N) is 3. The summed E-state index contributed by atoms with van der Waals surface area (Å²) in [5, 5.41) is 3.71. The van der Waals surface area contributed by atoms with E-state index in [-0.39, 0.29) is 10.5 Å². The van der Waals surface area contributed by atoms with E-state index in [9.17, 15) is 4.79 Å². The van der Waals surface area contributed by atoms with E-state index in [2.05, 4.69) is 15.3 Å². The molecule has 0 bridgehead atoms. The van der Waals surface area contributed by atoms with Gasteiger partial charge in [-0.15, -0.1) is 0 Å². The van der Waals surface area contributed by atoms with E-state index in [1.54, 1.807) is 19.5 Å². The number of ether oxygens (including phenoxy) is 1. The number of carbonyl (C=O) groups excluding carboxylic acids is 1. The second-order valence-corrected chi connectivity index (χ2v) is 5.52. The van der Waals surface area contributed by atoms with Gasteiger partial charge in [-0.3, -0.25) is 10.3 Å². The number of quaternary nitrogens is 1. The highest BCUT2D eigenvalue weighted by atomic mass is 16.5. The summed E-state index contributed by atoms with van der Waals surface area (Å²) >= 11 is 0. The maximum atomic E-state index is 12.6. The van der Waals surface area contributed by atoms with Crippen LogP contribution in [0.15, 0.2) is 48.8 Å². The lowest BCUT2D eigenvalue weighted by Gasteiger charge is -2.24. The lowest BCUT2D eigenvalue weighted by Crippen LogP contribution is -2.43. The maximum absolute atomic E-state index is 12.6. The van der Waals surface area contributed by atoms with Crippen LogP contribution < -0.4 is 14.5 Å². The van der Waals surface area contributed by atoms with E-state index in [1.165, 1.54) is 0 Å². The number of pyridine rings is 2. The number of urea groups is 1. The number of benzene rings is 1. The maximum Gasteiger partial charge on any atom is 0.432 e. The van der Waals surface area contributed by atoms with Gasteiger partial charge >= 0.3 is 6.03 Å². The van der Waals surface area contributed by atoms with E-state index in [1.807, 2.05) is 43.4 Å². The third kappa shape index (κ3) is 1.82. The minimum absolute atomic E-state index is 0.0111. The second-order valence-electron chi connectivity index (χ2n) is 5.52. The molecule has 1 N–H and O–H groups in total. The number of fused-ring (bicyclic) bond motifs is 2. The van der Waals surface area contributed by atoms with Crippen molar-refractivity contribution in [2.75, 3.05) is 19.5 Å². The van der Waals surface area contributed by atoms with E-state index in [0.29, 0.717) is 5.82 Å². The SMILES string of the molecule is COc1ccnc2ccc([N+]3(C)C(=O)Nc4ncccc43)cc12. The predicted molar refractivity (Wildman–Crippen MR) is 88.9 cm³/mol. The van der Waals surface area contributed by atoms with Crippen molar-refractivity contribution in [1.82, 2.24) is 14.5 Å². The molecule has 4 rings (SSSR count). The van der Waals surface area contributed by atoms with E-state index in [0.717, 1.165) is 28.0 Å². The fourth-order valence-corrected chi connectivity index (χ4v) is 3.00. The number of nitrogens with one attached hydrogen (secondary N) is 1. The summed E-state index contributed by atoms with van der Waals surface area (Å²) < 4.78 is 5.43. The van der Waals surface area contributed by atoms with E-state index >= 15 is 0 Å². The summed E-state index contributed by atoms with van der Waals surface area (Å²) in [6, 6.07) is 11.2. The van der Waals surface area contributed by atoms with Crippen molar-refractivity contribution in [3.05, 3.63) is 48.8 Å². The number of rotatable bonds is 2. The summed E-state index contributed by atoms with van der Waals surface area (Å²) in [5.74, 6) is 1.33. The Kier molecular flexibility index (Phi) is 2.82. The van der Waals surface area contributed by atoms with Gasteiger partial charge in [-0.2, -0.15) is 4.48 Å². The van der Waals surface area contributed by atoms with Crippen molar-refractivity contribution < 1.29 is 9.53 Å². The Balaban J connectivity index is 1.97. The average molecular weight is 307 g/mol. The van der Waals surface area contributed by atoms with Crippen LogP contribution in [0.25, 0.3) is 10.9 Å². The Hall–Kier alpha value is -2.99. The molecule has 2 aromatic heterocycles. The van der Waals surface area contributed by atoms with E-state index < -0.39 is 0 Å². The first-order chi connectivity index (χ1) is 11.1. The summed E-state index contributed by atoms with van der Waals surface area (Å²) in [6.45, 7) is 0. The molecule has 0 saturated heterocycles. The molecule has 6 heteroatoms. The normalized spacial score (nSPS) is 19.5. The first kappa shape index (κ1) is 13.7. The van der Waals surface area contributed by atoms with Gasteiger partial charge in [-0.1, -0.05) is 0 Å². The molecule has 1 aliphatic rings. The molecule has 1 aliphatic heterocycles. The van der Waals surface area contributed by atoms with Crippen molar-refractivity contribution in [3.63, 3.8) is 0 Å². The minimum Gasteiger partial charge on any atom is -0.496 e. The Bertz CT molecular complexity index is 941. The molecule has 3 heterocycles. The second kappa shape index (κ2) is 4.76. The molecule has 0 fully saturated rings. The van der Waals surface area contributed by atoms with Gasteiger partial charge in [0.2, 0.25) is 5.82 Å². The van der Waals surface area contributed by atoms with Crippen LogP contribution in [0.1, 0.15) is 0 Å². The Labute approximate surface area is 132 Å². The Morgan fingerprint density at radius 1 is 1.13 bits per heavy atom. The fraction of sp³-hybridized carbons (Fsp3) is 0.118. The summed E-state index contributed by atoms with van der Waals surface area (Å²) in [5.41, 5.74) is 2.47. The van der Waals surface area contributed by atoms with Crippen LogP contribution >= 0.6 is 0 Å². The van der Waals surface area contributed by atoms with Crippen molar-refractivity contribution >= 4 is 34.1 Å². The summed E-state index contributed by atoms with van der Waals surface area (Å²) in [4.78, 5) is 21.2. The number of hydrogen-bond donors (Lipinski definition) is 1. The first-order valence-corrected chi connectivity index (χ1v) is 7.21. The van der Waals surface area contributed by atoms with Crippen molar-refractivity contribution in [3.8, 4) is 5.75 Å². The zero-order valence-corrected chi connectivity index (χ0v) is 12.8. The standard InChI is InChI=1S/C17H14N4O2/c1-21(14-4-3-8-19-16(14)20-17(21)22)11-5-6-13-12(10-11)15(23-2)7-9-18-13/h3-10H,1-2H3/p+1. The minimum atomic E-state index is -0.138. The van der Waals surface area contributed by atoms with Gasteiger partial charge in [0.05, 0.1) is 19.7 Å². The molecule has 0 saturated carbocycles. The van der Waals surface area contributed by atoms with Crippen LogP contribution in [0.3, 0.4) is 0 Å². The summed E-state index contributed by atoms with van der Waals surface area (Å²) in [7, 11) is 3.48. The zero-order valence-electron chi connectivity index (χ0n) is 12.8. The Morgan fingerprint density at radius 2 is 2.00 bits per heavy atom. The van der Waals surface area contributed by atoms with Crippen LogP contribution in [0.2, 0.25) is 0 Å². The van der Waals surface area contributed by atoms with Gasteiger partial charge in [-0.05, 0) is 18.2 Å². The summed E-state index contributed by atoms with van der Waals surface area (Å²) in [6.07, 6.45) is 3.38. The number of amides is 2. The van der Waals surface area contributed by atoms with Crippen LogP contribution in [0.5, 0.6) is 5.75 Å². The lowest BCUT2D eigenvalue weighted by molar-refractivity contribution is 0.239. The third-order valence-corrected chi connectivity index (χ3v) is 4.32. The molecule has 23 heavy (non-hydrogen) atoms. The Morgan fingerprint density at radius 3 is 2.83 bits per heavy atom. The van der Waals surface area contributed by atoms with Gasteiger partial charge in [-0.25, -0.2) is 9.78 Å². The largest absolute Gasteiger partial charge is 0.496 e. The van der Waals surface area contributed by atoms with Gasteiger partial charge in [0.15, 0.2) is 5.69 Å². The molecule has 2 amide bonds. The monoisotopic (exact) mass is 307 g/mol. The predicted octanol–water partition coefficient (Wildman–Crippen LogP) is 3.45.